The molecule has 0 radical (unpaired) electrons. The molecule has 1 aliphatic rings. The van der Waals surface area contributed by atoms with E-state index >= 15 is 0 Å². The summed E-state index contributed by atoms with van der Waals surface area (Å²) in [5.41, 5.74) is 1.92. The Labute approximate surface area is 202 Å². The highest BCUT2D eigenvalue weighted by molar-refractivity contribution is 14.1. The van der Waals surface area contributed by atoms with E-state index in [1.54, 1.807) is 17.8 Å². The summed E-state index contributed by atoms with van der Waals surface area (Å²) in [6, 6.07) is 7.55. The molecule has 1 saturated heterocycles. The molecule has 0 aliphatic carbocycles. The van der Waals surface area contributed by atoms with Crippen LogP contribution in [0.2, 0.25) is 5.02 Å². The number of nitrogens with zero attached hydrogens (tertiary/aromatic N) is 6. The molecule has 2 N–H and O–H groups in total. The fraction of sp³-hybridized carbons (Fsp3) is 0.286. The number of alkyl halides is 1. The highest BCUT2D eigenvalue weighted by atomic mass is 127. The van der Waals surface area contributed by atoms with Gasteiger partial charge < -0.3 is 19.8 Å². The molecule has 0 amide bonds. The van der Waals surface area contributed by atoms with Crippen LogP contribution < -0.4 is 15.8 Å². The number of H-pyrrole nitrogens is 1. The Balaban J connectivity index is 1.48. The van der Waals surface area contributed by atoms with Crippen LogP contribution in [0.15, 0.2) is 41.6 Å². The molecule has 164 valence electrons. The van der Waals surface area contributed by atoms with Gasteiger partial charge in [-0.1, -0.05) is 34.2 Å². The van der Waals surface area contributed by atoms with Crippen molar-refractivity contribution in [1.82, 2.24) is 29.7 Å². The number of aryl methyl sites for hydroxylation is 1. The minimum atomic E-state index is -0.145. The van der Waals surface area contributed by atoms with Crippen molar-refractivity contribution in [2.75, 3.05) is 23.3 Å². The van der Waals surface area contributed by atoms with Crippen molar-refractivity contribution in [3.05, 3.63) is 52.2 Å². The number of rotatable bonds is 4. The van der Waals surface area contributed by atoms with Gasteiger partial charge in [-0.2, -0.15) is 4.98 Å². The fourth-order valence-corrected chi connectivity index (χ4v) is 4.55. The summed E-state index contributed by atoms with van der Waals surface area (Å²) in [5.74, 6) is 1.66. The number of benzene rings is 1. The summed E-state index contributed by atoms with van der Waals surface area (Å²) in [6.45, 7) is 1.87. The van der Waals surface area contributed by atoms with Crippen molar-refractivity contribution in [2.45, 2.75) is 16.8 Å². The number of hydrogen-bond acceptors (Lipinski definition) is 7. The van der Waals surface area contributed by atoms with Gasteiger partial charge in [0.25, 0.3) is 5.56 Å². The van der Waals surface area contributed by atoms with Crippen molar-refractivity contribution >= 4 is 62.5 Å². The van der Waals surface area contributed by atoms with Gasteiger partial charge in [0.2, 0.25) is 5.95 Å². The summed E-state index contributed by atoms with van der Waals surface area (Å²) in [7, 11) is 1.74. The van der Waals surface area contributed by atoms with E-state index in [1.165, 1.54) is 6.33 Å². The van der Waals surface area contributed by atoms with Gasteiger partial charge in [-0.15, -0.1) is 10.2 Å². The average molecular weight is 563 g/mol. The topological polar surface area (TPSA) is 105 Å². The first-order valence-electron chi connectivity index (χ1n) is 10.2. The lowest BCUT2D eigenvalue weighted by atomic mass is 10.1. The third-order valence-corrected chi connectivity index (χ3v) is 7.12. The molecule has 1 fully saturated rings. The zero-order valence-corrected chi connectivity index (χ0v) is 20.1. The summed E-state index contributed by atoms with van der Waals surface area (Å²) < 4.78 is 2.30. The summed E-state index contributed by atoms with van der Waals surface area (Å²) >= 11 is 8.89. The molecule has 4 heterocycles. The van der Waals surface area contributed by atoms with Gasteiger partial charge in [0, 0.05) is 35.1 Å². The van der Waals surface area contributed by atoms with Gasteiger partial charge in [-0.3, -0.25) is 4.79 Å². The first-order chi connectivity index (χ1) is 15.5. The molecule has 1 aromatic carbocycles. The van der Waals surface area contributed by atoms with E-state index in [0.717, 1.165) is 42.5 Å². The summed E-state index contributed by atoms with van der Waals surface area (Å²) in [6.07, 6.45) is 5.32. The van der Waals surface area contributed by atoms with Crippen LogP contribution in [0.5, 0.6) is 0 Å². The zero-order valence-electron chi connectivity index (χ0n) is 17.2. The molecule has 0 bridgehead atoms. The van der Waals surface area contributed by atoms with Gasteiger partial charge in [0.15, 0.2) is 11.6 Å². The van der Waals surface area contributed by atoms with E-state index in [9.17, 15) is 4.79 Å². The molecule has 0 saturated carbocycles. The molecule has 3 aromatic heterocycles. The molecule has 4 aromatic rings. The normalized spacial score (nSPS) is 14.8. The predicted octanol–water partition coefficient (Wildman–Crippen LogP) is 3.91. The van der Waals surface area contributed by atoms with Gasteiger partial charge in [0.05, 0.1) is 17.3 Å². The maximum Gasteiger partial charge on any atom is 0.261 e. The average Bonchev–Trinajstić information content (AvgIpc) is 3.33. The Morgan fingerprint density at radius 3 is 2.81 bits per heavy atom. The van der Waals surface area contributed by atoms with Crippen LogP contribution in [-0.4, -0.2) is 46.7 Å². The lowest BCUT2D eigenvalue weighted by Crippen LogP contribution is -2.35. The van der Waals surface area contributed by atoms with Crippen molar-refractivity contribution in [2.24, 2.45) is 7.05 Å². The molecular weight excluding hydrogens is 543 g/mol. The first-order valence-corrected chi connectivity index (χ1v) is 11.8. The second-order valence-corrected chi connectivity index (χ2v) is 9.86. The van der Waals surface area contributed by atoms with Crippen LogP contribution in [0.25, 0.3) is 22.3 Å². The van der Waals surface area contributed by atoms with E-state index in [4.69, 9.17) is 11.6 Å². The predicted molar refractivity (Wildman–Crippen MR) is 134 cm³/mol. The highest BCUT2D eigenvalue weighted by Crippen LogP contribution is 2.29. The standard InChI is InChI=1S/C21H20ClIN8O/c1-30-17-3-2-14(8-12(17)9-15(20(30)32)18-25-11-26-29-18)27-19-16(22)10-24-21(28-19)31-6-4-13(23)5-7-31/h2-3,8-11,13H,4-7H2,1H3,(H,24,27,28)(H,25,26,29). The fourth-order valence-electron chi connectivity index (χ4n) is 3.85. The number of nitrogens with one attached hydrogen (secondary N) is 2. The zero-order chi connectivity index (χ0) is 22.2. The van der Waals surface area contributed by atoms with Gasteiger partial charge in [-0.05, 0) is 37.1 Å². The Morgan fingerprint density at radius 2 is 2.06 bits per heavy atom. The van der Waals surface area contributed by atoms with E-state index in [0.29, 0.717) is 32.1 Å². The van der Waals surface area contributed by atoms with Crippen molar-refractivity contribution in [1.29, 1.82) is 0 Å². The summed E-state index contributed by atoms with van der Waals surface area (Å²) in [4.78, 5) is 26.9. The van der Waals surface area contributed by atoms with Crippen LogP contribution in [0.3, 0.4) is 0 Å². The molecule has 5 rings (SSSR count). The van der Waals surface area contributed by atoms with E-state index in [-0.39, 0.29) is 5.56 Å². The van der Waals surface area contributed by atoms with Crippen molar-refractivity contribution < 1.29 is 0 Å². The molecule has 9 nitrogen and oxygen atoms in total. The molecule has 0 unspecified atom stereocenters. The second kappa shape index (κ2) is 8.66. The van der Waals surface area contributed by atoms with Gasteiger partial charge in [-0.25, -0.2) is 4.98 Å². The highest BCUT2D eigenvalue weighted by Gasteiger charge is 2.20. The number of anilines is 3. The van der Waals surface area contributed by atoms with Crippen LogP contribution in [0, 0.1) is 0 Å². The van der Waals surface area contributed by atoms with E-state index < -0.39 is 0 Å². The smallest absolute Gasteiger partial charge is 0.261 e. The van der Waals surface area contributed by atoms with Crippen LogP contribution in [-0.2, 0) is 7.05 Å². The molecular formula is C21H20ClIN8O. The Bertz CT molecular complexity index is 1330. The van der Waals surface area contributed by atoms with Crippen molar-refractivity contribution in [3.63, 3.8) is 0 Å². The second-order valence-electron chi connectivity index (χ2n) is 7.69. The Hall–Kier alpha value is -2.73. The minimum Gasteiger partial charge on any atom is -0.341 e. The third kappa shape index (κ3) is 4.04. The Morgan fingerprint density at radius 1 is 1.25 bits per heavy atom. The van der Waals surface area contributed by atoms with Crippen molar-refractivity contribution in [3.8, 4) is 11.4 Å². The van der Waals surface area contributed by atoms with Crippen LogP contribution >= 0.6 is 34.2 Å². The van der Waals surface area contributed by atoms with E-state index in [2.05, 4.69) is 58.0 Å². The number of aromatic nitrogens is 6. The first kappa shape index (κ1) is 21.1. The lowest BCUT2D eigenvalue weighted by Gasteiger charge is -2.29. The number of hydrogen-bond donors (Lipinski definition) is 2. The summed E-state index contributed by atoms with van der Waals surface area (Å²) in [5, 5.41) is 12.4. The minimum absolute atomic E-state index is 0.145. The van der Waals surface area contributed by atoms with Crippen LogP contribution in [0.4, 0.5) is 17.5 Å². The van der Waals surface area contributed by atoms with Gasteiger partial charge >= 0.3 is 0 Å². The SMILES string of the molecule is Cn1c(=O)c(-c2nnc[nH]2)cc2cc(Nc3nc(N4CCC(I)CC4)ncc3Cl)ccc21. The lowest BCUT2D eigenvalue weighted by molar-refractivity contribution is 0.594. The molecule has 0 spiro atoms. The molecule has 11 heteroatoms. The maximum absolute atomic E-state index is 12.7. The number of piperidine rings is 1. The monoisotopic (exact) mass is 562 g/mol. The number of halogens is 2. The van der Waals surface area contributed by atoms with Crippen LogP contribution in [0.1, 0.15) is 12.8 Å². The number of fused-ring (bicyclic) bond motifs is 1. The Kier molecular flexibility index (Phi) is 5.72. The number of aromatic amines is 1. The maximum atomic E-state index is 12.7. The van der Waals surface area contributed by atoms with E-state index in [1.807, 2.05) is 24.3 Å². The third-order valence-electron chi connectivity index (χ3n) is 5.60. The largest absolute Gasteiger partial charge is 0.341 e. The quantitative estimate of drug-likeness (QED) is 0.287. The molecule has 1 aliphatic heterocycles. The molecule has 32 heavy (non-hydrogen) atoms. The molecule has 0 atom stereocenters. The number of pyridine rings is 1. The van der Waals surface area contributed by atoms with Gasteiger partial charge in [0.1, 0.15) is 11.3 Å².